The first kappa shape index (κ1) is 17.2. The molecular weight excluding hydrogens is 322 g/mol. The Morgan fingerprint density at radius 1 is 1.15 bits per heavy atom. The van der Waals surface area contributed by atoms with Crippen molar-refractivity contribution in [1.82, 2.24) is 19.7 Å². The van der Waals surface area contributed by atoms with Gasteiger partial charge < -0.3 is 0 Å². The van der Waals surface area contributed by atoms with Crippen LogP contribution in [0.4, 0.5) is 0 Å². The van der Waals surface area contributed by atoms with Gasteiger partial charge in [0.25, 0.3) is 0 Å². The number of nitrogens with zero attached hydrogens (tertiary/aromatic N) is 5. The summed E-state index contributed by atoms with van der Waals surface area (Å²) in [5.41, 5.74) is 3.78. The number of nitriles is 1. The van der Waals surface area contributed by atoms with Gasteiger partial charge in [-0.1, -0.05) is 18.9 Å². The summed E-state index contributed by atoms with van der Waals surface area (Å²) in [6.45, 7) is 5.02. The summed E-state index contributed by atoms with van der Waals surface area (Å²) in [6, 6.07) is 6.56. The summed E-state index contributed by atoms with van der Waals surface area (Å²) in [5, 5.41) is 14.1. The fourth-order valence-electron chi connectivity index (χ4n) is 4.26. The molecule has 0 bridgehead atoms. The topological polar surface area (TPSA) is 57.7 Å². The molecule has 3 heterocycles. The second kappa shape index (κ2) is 7.59. The van der Waals surface area contributed by atoms with E-state index in [2.05, 4.69) is 35.1 Å². The van der Waals surface area contributed by atoms with E-state index in [4.69, 9.17) is 10.4 Å². The van der Waals surface area contributed by atoms with E-state index in [-0.39, 0.29) is 5.92 Å². The number of aryl methyl sites for hydroxylation is 1. The quantitative estimate of drug-likeness (QED) is 0.838. The van der Waals surface area contributed by atoms with Crippen LogP contribution in [0.15, 0.2) is 24.5 Å². The third-order valence-corrected chi connectivity index (χ3v) is 5.86. The average molecular weight is 349 g/mol. The summed E-state index contributed by atoms with van der Waals surface area (Å²) in [6.07, 6.45) is 11.2. The molecule has 2 aromatic rings. The fraction of sp³-hybridized carbons (Fsp3) is 0.571. The molecule has 0 unspecified atom stereocenters. The number of pyridine rings is 1. The zero-order valence-corrected chi connectivity index (χ0v) is 15.6. The van der Waals surface area contributed by atoms with Crippen molar-refractivity contribution in [1.29, 1.82) is 5.26 Å². The first-order valence-electron chi connectivity index (χ1n) is 9.86. The van der Waals surface area contributed by atoms with Crippen molar-refractivity contribution in [3.05, 3.63) is 41.3 Å². The maximum Gasteiger partial charge on any atom is 0.153 e. The Bertz CT molecular complexity index is 772. The molecule has 0 spiro atoms. The number of rotatable bonds is 4. The molecule has 1 aliphatic carbocycles. The monoisotopic (exact) mass is 349 g/mol. The summed E-state index contributed by atoms with van der Waals surface area (Å²) in [5.74, 6) is 1.72. The lowest BCUT2D eigenvalue weighted by atomic mass is 9.97. The molecule has 1 saturated carbocycles. The molecule has 0 atom stereocenters. The van der Waals surface area contributed by atoms with E-state index in [0.29, 0.717) is 5.92 Å². The Kier molecular flexibility index (Phi) is 5.03. The third kappa shape index (κ3) is 3.66. The van der Waals surface area contributed by atoms with Crippen molar-refractivity contribution in [2.45, 2.75) is 57.9 Å². The van der Waals surface area contributed by atoms with Crippen molar-refractivity contribution in [3.8, 4) is 11.9 Å². The van der Waals surface area contributed by atoms with Crippen molar-refractivity contribution in [3.63, 3.8) is 0 Å². The molecule has 2 fully saturated rings. The first-order chi connectivity index (χ1) is 12.7. The van der Waals surface area contributed by atoms with Gasteiger partial charge in [0.1, 0.15) is 0 Å². The van der Waals surface area contributed by atoms with Gasteiger partial charge >= 0.3 is 0 Å². The number of hydrogen-bond acceptors (Lipinski definition) is 4. The van der Waals surface area contributed by atoms with Gasteiger partial charge in [-0.2, -0.15) is 10.4 Å². The smallest absolute Gasteiger partial charge is 0.153 e. The zero-order valence-electron chi connectivity index (χ0n) is 15.6. The lowest BCUT2D eigenvalue weighted by Crippen LogP contribution is -2.33. The van der Waals surface area contributed by atoms with E-state index < -0.39 is 0 Å². The molecule has 0 aromatic carbocycles. The second-order valence-corrected chi connectivity index (χ2v) is 7.84. The average Bonchev–Trinajstić information content (AvgIpc) is 3.33. The van der Waals surface area contributed by atoms with E-state index in [9.17, 15) is 0 Å². The van der Waals surface area contributed by atoms with Gasteiger partial charge in [-0.25, -0.2) is 9.67 Å². The molecule has 26 heavy (non-hydrogen) atoms. The van der Waals surface area contributed by atoms with Crippen LogP contribution in [0.25, 0.3) is 5.82 Å². The van der Waals surface area contributed by atoms with E-state index in [0.717, 1.165) is 43.9 Å². The van der Waals surface area contributed by atoms with E-state index >= 15 is 0 Å². The van der Waals surface area contributed by atoms with Crippen LogP contribution < -0.4 is 0 Å². The minimum atomic E-state index is 0.236. The van der Waals surface area contributed by atoms with Gasteiger partial charge in [-0.15, -0.1) is 0 Å². The van der Waals surface area contributed by atoms with Crippen LogP contribution in [0.5, 0.6) is 0 Å². The number of hydrogen-bond donors (Lipinski definition) is 0. The Morgan fingerprint density at radius 3 is 2.58 bits per heavy atom. The normalized spacial score (nSPS) is 19.7. The van der Waals surface area contributed by atoms with Gasteiger partial charge in [-0.05, 0) is 57.3 Å². The standard InChI is InChI=1S/C21H27N5/c1-16-6-7-20(23-13-16)26-15-19(21(24-26)18-4-2-3-5-18)14-25-10-8-17(12-22)9-11-25/h6-7,13,15,17-18H,2-5,8-11,14H2,1H3. The van der Waals surface area contributed by atoms with Crippen molar-refractivity contribution >= 4 is 0 Å². The van der Waals surface area contributed by atoms with Crippen molar-refractivity contribution < 1.29 is 0 Å². The number of likely N-dealkylation sites (tertiary alicyclic amines) is 1. The predicted molar refractivity (Wildman–Crippen MR) is 101 cm³/mol. The van der Waals surface area contributed by atoms with Gasteiger partial charge in [0.05, 0.1) is 11.8 Å². The molecule has 0 N–H and O–H groups in total. The van der Waals surface area contributed by atoms with Crippen LogP contribution in [0.1, 0.15) is 61.3 Å². The molecular formula is C21H27N5. The summed E-state index contributed by atoms with van der Waals surface area (Å²) < 4.78 is 1.96. The molecule has 2 aliphatic rings. The molecule has 5 nitrogen and oxygen atoms in total. The molecule has 1 saturated heterocycles. The van der Waals surface area contributed by atoms with Crippen LogP contribution in [-0.4, -0.2) is 32.8 Å². The molecule has 136 valence electrons. The summed E-state index contributed by atoms with van der Waals surface area (Å²) in [7, 11) is 0. The number of piperidine rings is 1. The SMILES string of the molecule is Cc1ccc(-n2cc(CN3CCC(C#N)CC3)c(C3CCCC3)n2)nc1. The highest BCUT2D eigenvalue weighted by Crippen LogP contribution is 2.36. The summed E-state index contributed by atoms with van der Waals surface area (Å²) >= 11 is 0. The van der Waals surface area contributed by atoms with Crippen LogP contribution in [0.3, 0.4) is 0 Å². The maximum atomic E-state index is 9.11. The Hall–Kier alpha value is -2.19. The zero-order chi connectivity index (χ0) is 17.9. The molecule has 2 aromatic heterocycles. The highest BCUT2D eigenvalue weighted by Gasteiger charge is 2.26. The predicted octanol–water partition coefficient (Wildman–Crippen LogP) is 3.97. The summed E-state index contributed by atoms with van der Waals surface area (Å²) in [4.78, 5) is 7.03. The Morgan fingerprint density at radius 2 is 1.92 bits per heavy atom. The number of aromatic nitrogens is 3. The minimum absolute atomic E-state index is 0.236. The van der Waals surface area contributed by atoms with E-state index in [1.807, 2.05) is 16.9 Å². The minimum Gasteiger partial charge on any atom is -0.299 e. The second-order valence-electron chi connectivity index (χ2n) is 7.84. The van der Waals surface area contributed by atoms with E-state index in [1.54, 1.807) is 0 Å². The molecule has 1 aliphatic heterocycles. The first-order valence-corrected chi connectivity index (χ1v) is 9.86. The van der Waals surface area contributed by atoms with Crippen LogP contribution in [0, 0.1) is 24.2 Å². The Labute approximate surface area is 155 Å². The fourth-order valence-corrected chi connectivity index (χ4v) is 4.26. The lowest BCUT2D eigenvalue weighted by molar-refractivity contribution is 0.197. The molecule has 5 heteroatoms. The van der Waals surface area contributed by atoms with Crippen LogP contribution in [0.2, 0.25) is 0 Å². The molecule has 4 rings (SSSR count). The highest BCUT2D eigenvalue weighted by atomic mass is 15.3. The van der Waals surface area contributed by atoms with Gasteiger partial charge in [-0.3, -0.25) is 4.90 Å². The highest BCUT2D eigenvalue weighted by molar-refractivity contribution is 5.30. The van der Waals surface area contributed by atoms with Gasteiger partial charge in [0.15, 0.2) is 5.82 Å². The van der Waals surface area contributed by atoms with Crippen LogP contribution in [-0.2, 0) is 6.54 Å². The molecule has 0 amide bonds. The van der Waals surface area contributed by atoms with E-state index in [1.165, 1.54) is 36.9 Å². The Balaban J connectivity index is 1.57. The maximum absolute atomic E-state index is 9.11. The van der Waals surface area contributed by atoms with Gasteiger partial charge in [0.2, 0.25) is 0 Å². The van der Waals surface area contributed by atoms with Gasteiger partial charge in [0, 0.05) is 36.3 Å². The van der Waals surface area contributed by atoms with Crippen molar-refractivity contribution in [2.75, 3.05) is 13.1 Å². The lowest BCUT2D eigenvalue weighted by Gasteiger charge is -2.29. The van der Waals surface area contributed by atoms with Crippen LogP contribution >= 0.6 is 0 Å². The third-order valence-electron chi connectivity index (χ3n) is 5.86. The molecule has 0 radical (unpaired) electrons. The van der Waals surface area contributed by atoms with Crippen molar-refractivity contribution in [2.24, 2.45) is 5.92 Å². The largest absolute Gasteiger partial charge is 0.299 e.